The number of likely N-dealkylation sites (tertiary alicyclic amines) is 1. The van der Waals surface area contributed by atoms with E-state index < -0.39 is 0 Å². The Balaban J connectivity index is 1.21. The van der Waals surface area contributed by atoms with E-state index in [-0.39, 0.29) is 17.2 Å². The number of hydrogen-bond donors (Lipinski definition) is 1. The van der Waals surface area contributed by atoms with Crippen LogP contribution in [0.15, 0.2) is 30.5 Å². The second-order valence-corrected chi connectivity index (χ2v) is 8.88. The van der Waals surface area contributed by atoms with Gasteiger partial charge in [0, 0.05) is 37.3 Å². The van der Waals surface area contributed by atoms with Gasteiger partial charge in [-0.1, -0.05) is 12.1 Å². The second-order valence-electron chi connectivity index (χ2n) is 8.88. The number of piperidine rings is 1. The highest BCUT2D eigenvalue weighted by Gasteiger charge is 2.58. The van der Waals surface area contributed by atoms with Crippen molar-refractivity contribution in [2.24, 2.45) is 11.3 Å². The molecule has 0 radical (unpaired) electrons. The van der Waals surface area contributed by atoms with Crippen molar-refractivity contribution in [2.75, 3.05) is 26.7 Å². The molecule has 6 heteroatoms. The van der Waals surface area contributed by atoms with Gasteiger partial charge in [0.1, 0.15) is 5.75 Å². The van der Waals surface area contributed by atoms with Gasteiger partial charge in [0.25, 0.3) is 0 Å². The molecule has 1 saturated heterocycles. The predicted molar refractivity (Wildman–Crippen MR) is 117 cm³/mol. The van der Waals surface area contributed by atoms with Gasteiger partial charge in [0.2, 0.25) is 5.91 Å². The van der Waals surface area contributed by atoms with Crippen LogP contribution in [0.5, 0.6) is 5.75 Å². The smallest absolute Gasteiger partial charge is 0.223 e. The highest BCUT2D eigenvalue weighted by molar-refractivity contribution is 5.82. The maximum Gasteiger partial charge on any atom is 0.223 e. The number of nitrogens with one attached hydrogen (secondary N) is 1. The molecule has 1 aromatic heterocycles. The number of benzene rings is 1. The minimum Gasteiger partial charge on any atom is -0.497 e. The molecule has 1 unspecified atom stereocenters. The molecule has 1 atom stereocenters. The van der Waals surface area contributed by atoms with Crippen molar-refractivity contribution in [2.45, 2.75) is 52.6 Å². The minimum absolute atomic E-state index is 0.203. The normalized spacial score (nSPS) is 20.3. The minimum atomic E-state index is 0.203. The van der Waals surface area contributed by atoms with E-state index in [1.54, 1.807) is 7.11 Å². The summed E-state index contributed by atoms with van der Waals surface area (Å²) in [6, 6.07) is 8.05. The van der Waals surface area contributed by atoms with Crippen molar-refractivity contribution in [1.82, 2.24) is 20.0 Å². The van der Waals surface area contributed by atoms with Crippen molar-refractivity contribution in [1.29, 1.82) is 0 Å². The lowest BCUT2D eigenvalue weighted by Crippen LogP contribution is -2.37. The van der Waals surface area contributed by atoms with E-state index >= 15 is 0 Å². The van der Waals surface area contributed by atoms with Crippen molar-refractivity contribution in [3.63, 3.8) is 0 Å². The molecule has 1 saturated carbocycles. The quantitative estimate of drug-likeness (QED) is 0.726. The second kappa shape index (κ2) is 8.80. The van der Waals surface area contributed by atoms with Gasteiger partial charge in [-0.2, -0.15) is 5.10 Å². The van der Waals surface area contributed by atoms with Crippen LogP contribution in [0.4, 0.5) is 0 Å². The van der Waals surface area contributed by atoms with Gasteiger partial charge in [0.15, 0.2) is 0 Å². The number of carbonyl (C=O) groups excluding carboxylic acids is 1. The molecule has 4 rings (SSSR count). The Labute approximate surface area is 179 Å². The fourth-order valence-corrected chi connectivity index (χ4v) is 4.83. The number of nitrogens with zero attached hydrogens (tertiary/aromatic N) is 3. The predicted octanol–water partition coefficient (Wildman–Crippen LogP) is 3.18. The summed E-state index contributed by atoms with van der Waals surface area (Å²) in [5.41, 5.74) is 3.90. The summed E-state index contributed by atoms with van der Waals surface area (Å²) in [4.78, 5) is 15.2. The molecule has 6 nitrogen and oxygen atoms in total. The van der Waals surface area contributed by atoms with E-state index in [1.807, 2.05) is 22.9 Å². The summed E-state index contributed by atoms with van der Waals surface area (Å²) in [7, 11) is 1.68. The van der Waals surface area contributed by atoms with Crippen molar-refractivity contribution in [3.8, 4) is 5.75 Å². The molecule has 1 aliphatic heterocycles. The summed E-state index contributed by atoms with van der Waals surface area (Å²) in [5, 5.41) is 7.73. The molecule has 162 valence electrons. The fourth-order valence-electron chi connectivity index (χ4n) is 4.83. The zero-order chi connectivity index (χ0) is 21.1. The van der Waals surface area contributed by atoms with Gasteiger partial charge < -0.3 is 10.1 Å². The van der Waals surface area contributed by atoms with Crippen LogP contribution in [-0.2, 0) is 24.3 Å². The summed E-state index contributed by atoms with van der Waals surface area (Å²) in [5.74, 6) is 1.31. The van der Waals surface area contributed by atoms with Gasteiger partial charge in [-0.05, 0) is 75.7 Å². The monoisotopic (exact) mass is 410 g/mol. The largest absolute Gasteiger partial charge is 0.497 e. The molecule has 30 heavy (non-hydrogen) atoms. The van der Waals surface area contributed by atoms with Gasteiger partial charge in [0.05, 0.1) is 12.8 Å². The lowest BCUT2D eigenvalue weighted by Gasteiger charge is -2.32. The standard InChI is InChI=1S/C24H34N4O2/c1-4-28-17-20(18(2)26-28)16-27-12-9-24(10-13-27)15-22(24)23(29)25-11-8-19-6-5-7-21(14-19)30-3/h5-7,14,17,22H,4,8-13,15-16H2,1-3H3,(H,25,29). The molecule has 1 N–H and O–H groups in total. The number of aromatic nitrogens is 2. The molecule has 0 bridgehead atoms. The highest BCUT2D eigenvalue weighted by Crippen LogP contribution is 2.59. The van der Waals surface area contributed by atoms with Crippen LogP contribution in [0, 0.1) is 18.3 Å². The molecule has 2 aliphatic rings. The zero-order valence-electron chi connectivity index (χ0n) is 18.5. The average Bonchev–Trinajstić information content (AvgIpc) is 3.35. The number of hydrogen-bond acceptors (Lipinski definition) is 4. The lowest BCUT2D eigenvalue weighted by atomic mass is 9.90. The molecular weight excluding hydrogens is 376 g/mol. The first-order valence-electron chi connectivity index (χ1n) is 11.2. The van der Waals surface area contributed by atoms with Crippen molar-refractivity contribution in [3.05, 3.63) is 47.3 Å². The van der Waals surface area contributed by atoms with E-state index in [9.17, 15) is 4.79 Å². The van der Waals surface area contributed by atoms with Crippen LogP contribution in [0.1, 0.15) is 43.0 Å². The molecule has 2 heterocycles. The molecule has 1 amide bonds. The molecule has 2 fully saturated rings. The van der Waals surface area contributed by atoms with Gasteiger partial charge in [-0.3, -0.25) is 14.4 Å². The Bertz CT molecular complexity index is 883. The van der Waals surface area contributed by atoms with E-state index in [2.05, 4.69) is 41.4 Å². The Hall–Kier alpha value is -2.34. The Morgan fingerprint density at radius 3 is 2.83 bits per heavy atom. The molecule has 2 aromatic rings. The van der Waals surface area contributed by atoms with Gasteiger partial charge >= 0.3 is 0 Å². The van der Waals surface area contributed by atoms with E-state index in [0.29, 0.717) is 6.54 Å². The Morgan fingerprint density at radius 1 is 1.33 bits per heavy atom. The number of methoxy groups -OCH3 is 1. The first kappa shape index (κ1) is 20.9. The highest BCUT2D eigenvalue weighted by atomic mass is 16.5. The van der Waals surface area contributed by atoms with Crippen LogP contribution in [0.25, 0.3) is 0 Å². The average molecular weight is 411 g/mol. The van der Waals surface area contributed by atoms with E-state index in [0.717, 1.165) is 63.3 Å². The zero-order valence-corrected chi connectivity index (χ0v) is 18.5. The Kier molecular flexibility index (Phi) is 6.14. The number of aryl methyl sites for hydroxylation is 2. The van der Waals surface area contributed by atoms with E-state index in [4.69, 9.17) is 4.74 Å². The summed E-state index contributed by atoms with van der Waals surface area (Å²) < 4.78 is 7.29. The maximum absolute atomic E-state index is 12.7. The number of amides is 1. The van der Waals surface area contributed by atoms with Crippen molar-refractivity contribution < 1.29 is 9.53 Å². The first-order valence-corrected chi connectivity index (χ1v) is 11.2. The first-order chi connectivity index (χ1) is 14.5. The van der Waals surface area contributed by atoms with Gasteiger partial charge in [-0.25, -0.2) is 0 Å². The maximum atomic E-state index is 12.7. The van der Waals surface area contributed by atoms with Crippen molar-refractivity contribution >= 4 is 5.91 Å². The third-order valence-corrected chi connectivity index (χ3v) is 6.97. The number of ether oxygens (including phenoxy) is 1. The number of rotatable bonds is 8. The topological polar surface area (TPSA) is 59.4 Å². The van der Waals surface area contributed by atoms with Crippen LogP contribution in [-0.4, -0.2) is 47.3 Å². The molecule has 1 spiro atoms. The summed E-state index contributed by atoms with van der Waals surface area (Å²) in [6.45, 7) is 8.94. The fraction of sp³-hybridized carbons (Fsp3) is 0.583. The number of carbonyl (C=O) groups is 1. The third-order valence-electron chi connectivity index (χ3n) is 6.97. The molecular formula is C24H34N4O2. The summed E-state index contributed by atoms with van der Waals surface area (Å²) >= 11 is 0. The van der Waals surface area contributed by atoms with Gasteiger partial charge in [-0.15, -0.1) is 0 Å². The summed E-state index contributed by atoms with van der Waals surface area (Å²) in [6.07, 6.45) is 6.32. The molecule has 1 aromatic carbocycles. The SMILES string of the molecule is CCn1cc(CN2CCC3(CC2)CC3C(=O)NCCc2cccc(OC)c2)c(C)n1. The lowest BCUT2D eigenvalue weighted by molar-refractivity contribution is -0.123. The molecule has 1 aliphatic carbocycles. The van der Waals surface area contributed by atoms with Crippen LogP contribution in [0.2, 0.25) is 0 Å². The van der Waals surface area contributed by atoms with E-state index in [1.165, 1.54) is 11.1 Å². The third kappa shape index (κ3) is 4.53. The van der Waals surface area contributed by atoms with Crippen LogP contribution in [0.3, 0.4) is 0 Å². The van der Waals surface area contributed by atoms with Crippen LogP contribution < -0.4 is 10.1 Å². The van der Waals surface area contributed by atoms with Crippen LogP contribution >= 0.6 is 0 Å². The Morgan fingerprint density at radius 2 is 2.13 bits per heavy atom.